The number of unbranched alkanes of at least 4 members (excludes halogenated alkanes) is 25. The molecule has 51 heavy (non-hydrogen) atoms. The van der Waals surface area contributed by atoms with Gasteiger partial charge in [0.1, 0.15) is 6.61 Å². The second kappa shape index (κ2) is 38.5. The molecule has 10 heteroatoms. The highest BCUT2D eigenvalue weighted by Crippen LogP contribution is 2.43. The maximum atomic E-state index is 12.5. The first-order valence-corrected chi connectivity index (χ1v) is 22.7. The summed E-state index contributed by atoms with van der Waals surface area (Å²) in [5, 5.41) is 0. The van der Waals surface area contributed by atoms with Crippen molar-refractivity contribution in [2.24, 2.45) is 5.73 Å². The van der Waals surface area contributed by atoms with Crippen LogP contribution in [0.4, 0.5) is 0 Å². The van der Waals surface area contributed by atoms with Crippen LogP contribution in [0.2, 0.25) is 0 Å². The minimum Gasteiger partial charge on any atom is -0.462 e. The summed E-state index contributed by atoms with van der Waals surface area (Å²) in [4.78, 5) is 34.8. The van der Waals surface area contributed by atoms with Gasteiger partial charge in [0.25, 0.3) is 0 Å². The van der Waals surface area contributed by atoms with Gasteiger partial charge in [0.05, 0.1) is 13.2 Å². The number of phosphoric acid groups is 1. The van der Waals surface area contributed by atoms with Crippen molar-refractivity contribution >= 4 is 19.8 Å². The molecule has 0 aromatic carbocycles. The lowest BCUT2D eigenvalue weighted by atomic mass is 10.0. The average Bonchev–Trinajstić information content (AvgIpc) is 3.11. The Kier molecular flexibility index (Phi) is 37.5. The molecular weight excluding hydrogens is 665 g/mol. The number of phosphoric ester groups is 1. The third-order valence-corrected chi connectivity index (χ3v) is 10.1. The van der Waals surface area contributed by atoms with Crippen LogP contribution >= 0.6 is 7.82 Å². The van der Waals surface area contributed by atoms with E-state index in [1.165, 1.54) is 122 Å². The first-order valence-electron chi connectivity index (χ1n) is 21.2. The molecule has 0 bridgehead atoms. The minimum absolute atomic E-state index is 0.0547. The summed E-state index contributed by atoms with van der Waals surface area (Å²) in [6, 6.07) is 0. The number of carbonyl (C=O) groups excluding carboxylic acids is 2. The van der Waals surface area contributed by atoms with E-state index < -0.39 is 26.5 Å². The van der Waals surface area contributed by atoms with Crippen LogP contribution in [-0.2, 0) is 32.7 Å². The van der Waals surface area contributed by atoms with Gasteiger partial charge in [-0.3, -0.25) is 18.6 Å². The van der Waals surface area contributed by atoms with E-state index in [1.807, 2.05) is 0 Å². The third-order valence-electron chi connectivity index (χ3n) is 9.15. The molecule has 2 unspecified atom stereocenters. The number of ether oxygens (including phenoxy) is 2. The molecular formula is C41H80NO8P. The topological polar surface area (TPSA) is 134 Å². The van der Waals surface area contributed by atoms with E-state index in [4.69, 9.17) is 24.3 Å². The highest BCUT2D eigenvalue weighted by atomic mass is 31.2. The van der Waals surface area contributed by atoms with Gasteiger partial charge in [-0.2, -0.15) is 0 Å². The van der Waals surface area contributed by atoms with Gasteiger partial charge in [-0.15, -0.1) is 0 Å². The number of esters is 2. The quantitative estimate of drug-likeness (QED) is 0.0272. The Labute approximate surface area is 313 Å². The Morgan fingerprint density at radius 1 is 0.569 bits per heavy atom. The largest absolute Gasteiger partial charge is 0.472 e. The van der Waals surface area contributed by atoms with E-state index in [2.05, 4.69) is 26.0 Å². The van der Waals surface area contributed by atoms with Crippen molar-refractivity contribution in [3.8, 4) is 0 Å². The van der Waals surface area contributed by atoms with Crippen molar-refractivity contribution in [3.05, 3.63) is 12.2 Å². The molecule has 0 radical (unpaired) electrons. The van der Waals surface area contributed by atoms with Gasteiger partial charge in [-0.25, -0.2) is 4.57 Å². The molecule has 0 spiro atoms. The van der Waals surface area contributed by atoms with Crippen LogP contribution in [0.5, 0.6) is 0 Å². The molecule has 2 atom stereocenters. The molecule has 0 saturated carbocycles. The fraction of sp³-hybridized carbons (Fsp3) is 0.902. The molecule has 0 fully saturated rings. The molecule has 0 aromatic rings. The summed E-state index contributed by atoms with van der Waals surface area (Å²) in [5.41, 5.74) is 5.34. The predicted molar refractivity (Wildman–Crippen MR) is 211 cm³/mol. The van der Waals surface area contributed by atoms with Crippen molar-refractivity contribution in [2.45, 2.75) is 213 Å². The van der Waals surface area contributed by atoms with Gasteiger partial charge in [0.15, 0.2) is 6.10 Å². The zero-order valence-electron chi connectivity index (χ0n) is 33.1. The number of nitrogens with two attached hydrogens (primary N) is 1. The summed E-state index contributed by atoms with van der Waals surface area (Å²) in [6.07, 6.45) is 38.1. The lowest BCUT2D eigenvalue weighted by Gasteiger charge is -2.19. The monoisotopic (exact) mass is 746 g/mol. The Morgan fingerprint density at radius 2 is 0.961 bits per heavy atom. The van der Waals surface area contributed by atoms with E-state index in [9.17, 15) is 19.0 Å². The van der Waals surface area contributed by atoms with Crippen LogP contribution in [-0.4, -0.2) is 49.3 Å². The lowest BCUT2D eigenvalue weighted by Crippen LogP contribution is -2.29. The number of allylic oxidation sites excluding steroid dienone is 2. The average molecular weight is 746 g/mol. The van der Waals surface area contributed by atoms with Gasteiger partial charge in [0.2, 0.25) is 0 Å². The Balaban J connectivity index is 4.12. The molecule has 0 heterocycles. The van der Waals surface area contributed by atoms with E-state index in [0.29, 0.717) is 6.42 Å². The van der Waals surface area contributed by atoms with Crippen molar-refractivity contribution in [1.29, 1.82) is 0 Å². The van der Waals surface area contributed by atoms with Crippen LogP contribution in [0.1, 0.15) is 206 Å². The molecule has 9 nitrogen and oxygen atoms in total. The van der Waals surface area contributed by atoms with E-state index in [0.717, 1.165) is 51.4 Å². The zero-order chi connectivity index (χ0) is 37.5. The maximum Gasteiger partial charge on any atom is 0.472 e. The van der Waals surface area contributed by atoms with Gasteiger partial charge in [0, 0.05) is 19.4 Å². The molecule has 0 aromatic heterocycles. The van der Waals surface area contributed by atoms with E-state index in [1.54, 1.807) is 0 Å². The number of carbonyl (C=O) groups is 2. The van der Waals surface area contributed by atoms with Gasteiger partial charge in [-0.05, 0) is 38.5 Å². The molecule has 3 N–H and O–H groups in total. The predicted octanol–water partition coefficient (Wildman–Crippen LogP) is 11.8. The molecule has 0 aliphatic heterocycles. The van der Waals surface area contributed by atoms with Crippen LogP contribution in [0.15, 0.2) is 12.2 Å². The van der Waals surface area contributed by atoms with Crippen LogP contribution in [0, 0.1) is 0 Å². The van der Waals surface area contributed by atoms with E-state index >= 15 is 0 Å². The van der Waals surface area contributed by atoms with Gasteiger partial charge >= 0.3 is 19.8 Å². The summed E-state index contributed by atoms with van der Waals surface area (Å²) in [5.74, 6) is -0.829. The molecule has 0 amide bonds. The molecule has 0 aliphatic carbocycles. The second-order valence-corrected chi connectivity index (χ2v) is 15.7. The fourth-order valence-electron chi connectivity index (χ4n) is 5.98. The first-order chi connectivity index (χ1) is 24.8. The van der Waals surface area contributed by atoms with Crippen LogP contribution in [0.3, 0.4) is 0 Å². The van der Waals surface area contributed by atoms with Crippen LogP contribution < -0.4 is 5.73 Å². The van der Waals surface area contributed by atoms with Crippen molar-refractivity contribution in [3.63, 3.8) is 0 Å². The number of hydrogen-bond donors (Lipinski definition) is 2. The fourth-order valence-corrected chi connectivity index (χ4v) is 6.75. The number of rotatable bonds is 40. The Bertz CT molecular complexity index is 856. The summed E-state index contributed by atoms with van der Waals surface area (Å²) in [7, 11) is -4.37. The third kappa shape index (κ3) is 38.3. The number of hydrogen-bond acceptors (Lipinski definition) is 8. The Hall–Kier alpha value is -1.25. The lowest BCUT2D eigenvalue weighted by molar-refractivity contribution is -0.161. The molecule has 0 rings (SSSR count). The van der Waals surface area contributed by atoms with Crippen molar-refractivity contribution in [1.82, 2.24) is 0 Å². The molecule has 302 valence electrons. The first kappa shape index (κ1) is 49.8. The highest BCUT2D eigenvalue weighted by Gasteiger charge is 2.26. The molecule has 0 aliphatic rings. The standard InChI is InChI=1S/C41H80NO8P/c1-3-5-7-9-11-13-15-17-18-19-20-22-23-25-27-29-31-33-40(43)47-37-39(38-49-51(45,46)48-36-35-42)50-41(44)34-32-30-28-26-24-21-16-14-12-10-8-6-4-2/h14,16,39H,3-13,15,17-38,42H2,1-2H3,(H,45,46)/b16-14-. The van der Waals surface area contributed by atoms with Crippen LogP contribution in [0.25, 0.3) is 0 Å². The highest BCUT2D eigenvalue weighted by molar-refractivity contribution is 7.47. The normalized spacial score (nSPS) is 13.4. The minimum atomic E-state index is -4.37. The summed E-state index contributed by atoms with van der Waals surface area (Å²) >= 11 is 0. The summed E-state index contributed by atoms with van der Waals surface area (Å²) in [6.45, 7) is 3.73. The summed E-state index contributed by atoms with van der Waals surface area (Å²) < 4.78 is 32.7. The van der Waals surface area contributed by atoms with E-state index in [-0.39, 0.29) is 38.6 Å². The van der Waals surface area contributed by atoms with Gasteiger partial charge in [-0.1, -0.05) is 167 Å². The Morgan fingerprint density at radius 3 is 1.41 bits per heavy atom. The SMILES string of the molecule is CCCCCC/C=C\CCCCCCCC(=O)OC(COC(=O)CCCCCCCCCCCCCCCCCCC)COP(=O)(O)OCCN. The maximum absolute atomic E-state index is 12.5. The second-order valence-electron chi connectivity index (χ2n) is 14.2. The van der Waals surface area contributed by atoms with Crippen molar-refractivity contribution < 1.29 is 37.6 Å². The van der Waals surface area contributed by atoms with Crippen molar-refractivity contribution in [2.75, 3.05) is 26.4 Å². The molecule has 0 saturated heterocycles. The van der Waals surface area contributed by atoms with Gasteiger partial charge < -0.3 is 20.1 Å². The smallest absolute Gasteiger partial charge is 0.462 e. The zero-order valence-corrected chi connectivity index (χ0v) is 34.0.